The third-order valence-electron chi connectivity index (χ3n) is 1.45. The Bertz CT molecular complexity index is 207. The zero-order valence-corrected chi connectivity index (χ0v) is 8.71. The lowest BCUT2D eigenvalue weighted by Crippen LogP contribution is -2.22. The van der Waals surface area contributed by atoms with Gasteiger partial charge in [0.05, 0.1) is 0 Å². The van der Waals surface area contributed by atoms with E-state index in [0.717, 1.165) is 0 Å². The Morgan fingerprint density at radius 2 is 2.00 bits per heavy atom. The average Bonchev–Trinajstić information content (AvgIpc) is 2.07. The highest BCUT2D eigenvalue weighted by Gasteiger charge is 1.97. The SMILES string of the molecule is CN([SiH2]OS)c1ccccc1. The third kappa shape index (κ3) is 2.57. The van der Waals surface area contributed by atoms with Crippen molar-refractivity contribution in [3.05, 3.63) is 30.3 Å². The van der Waals surface area contributed by atoms with Gasteiger partial charge in [-0.2, -0.15) is 0 Å². The van der Waals surface area contributed by atoms with Crippen LogP contribution in [0.5, 0.6) is 0 Å². The largest absolute Gasteiger partial charge is 0.383 e. The van der Waals surface area contributed by atoms with Crippen molar-refractivity contribution in [2.75, 3.05) is 11.6 Å². The molecule has 4 heteroatoms. The van der Waals surface area contributed by atoms with Crippen LogP contribution in [-0.4, -0.2) is 17.0 Å². The van der Waals surface area contributed by atoms with E-state index in [1.54, 1.807) is 0 Å². The zero-order valence-electron chi connectivity index (χ0n) is 6.40. The van der Waals surface area contributed by atoms with Crippen molar-refractivity contribution < 1.29 is 3.87 Å². The van der Waals surface area contributed by atoms with Gasteiger partial charge in [-0.3, -0.25) is 0 Å². The summed E-state index contributed by atoms with van der Waals surface area (Å²) in [6.45, 7) is 0. The van der Waals surface area contributed by atoms with E-state index in [1.807, 2.05) is 25.2 Å². The first-order valence-corrected chi connectivity index (χ1v) is 4.94. The van der Waals surface area contributed by atoms with Crippen LogP contribution in [0.15, 0.2) is 30.3 Å². The summed E-state index contributed by atoms with van der Waals surface area (Å²) >= 11 is 3.73. The first kappa shape index (κ1) is 8.64. The number of rotatable bonds is 3. The van der Waals surface area contributed by atoms with Crippen molar-refractivity contribution in [3.8, 4) is 0 Å². The first-order chi connectivity index (χ1) is 5.34. The molecule has 0 aromatic heterocycles. The maximum absolute atomic E-state index is 4.82. The second-order valence-corrected chi connectivity index (χ2v) is 4.53. The molecule has 0 saturated heterocycles. The molecule has 0 unspecified atom stereocenters. The molecule has 1 aromatic rings. The fourth-order valence-corrected chi connectivity index (χ4v) is 1.90. The van der Waals surface area contributed by atoms with Gasteiger partial charge in [-0.1, -0.05) is 18.2 Å². The van der Waals surface area contributed by atoms with Gasteiger partial charge >= 0.3 is 0 Å². The molecule has 0 fully saturated rings. The molecule has 0 atom stereocenters. The Labute approximate surface area is 74.8 Å². The molecule has 60 valence electrons. The van der Waals surface area contributed by atoms with Gasteiger partial charge < -0.3 is 8.44 Å². The molecule has 0 aliphatic heterocycles. The molecular weight excluding hydrogens is 174 g/mol. The molecule has 0 aliphatic carbocycles. The van der Waals surface area contributed by atoms with Crippen molar-refractivity contribution in [1.29, 1.82) is 0 Å². The second-order valence-electron chi connectivity index (χ2n) is 2.29. The standard InChI is InChI=1S/C7H11NOSSi/c1-8(11-9-10)7-5-3-2-4-6-7/h2-6,10H,11H2,1H3. The van der Waals surface area contributed by atoms with E-state index in [-0.39, 0.29) is 0 Å². The van der Waals surface area contributed by atoms with Crippen LogP contribution in [0.4, 0.5) is 5.69 Å². The van der Waals surface area contributed by atoms with Gasteiger partial charge in [-0.15, -0.1) is 0 Å². The maximum Gasteiger partial charge on any atom is 0.282 e. The van der Waals surface area contributed by atoms with Crippen molar-refractivity contribution in [2.45, 2.75) is 0 Å². The minimum Gasteiger partial charge on any atom is -0.383 e. The van der Waals surface area contributed by atoms with Crippen LogP contribution in [0.25, 0.3) is 0 Å². The van der Waals surface area contributed by atoms with Gasteiger partial charge in [0.25, 0.3) is 9.92 Å². The number of anilines is 1. The quantitative estimate of drug-likeness (QED) is 0.428. The molecule has 0 N–H and O–H groups in total. The highest BCUT2D eigenvalue weighted by Crippen LogP contribution is 2.09. The predicted molar refractivity (Wildman–Crippen MR) is 53.5 cm³/mol. The zero-order chi connectivity index (χ0) is 8.10. The van der Waals surface area contributed by atoms with E-state index in [2.05, 4.69) is 29.6 Å². The molecule has 2 nitrogen and oxygen atoms in total. The van der Waals surface area contributed by atoms with Gasteiger partial charge in [-0.05, 0) is 32.1 Å². The van der Waals surface area contributed by atoms with E-state index < -0.39 is 9.92 Å². The average molecular weight is 185 g/mol. The number of hydrogen-bond acceptors (Lipinski definition) is 3. The Hall–Kier alpha value is -0.453. The number of hydrogen-bond donors (Lipinski definition) is 1. The fourth-order valence-electron chi connectivity index (χ4n) is 0.844. The van der Waals surface area contributed by atoms with Gasteiger partial charge in [0.2, 0.25) is 0 Å². The minimum absolute atomic E-state index is 0.655. The molecule has 0 amide bonds. The lowest BCUT2D eigenvalue weighted by Gasteiger charge is -2.16. The molecule has 1 rings (SSSR count). The lowest BCUT2D eigenvalue weighted by molar-refractivity contribution is 0.705. The van der Waals surface area contributed by atoms with Crippen LogP contribution < -0.4 is 4.57 Å². The molecule has 0 aliphatic rings. The van der Waals surface area contributed by atoms with E-state index in [1.165, 1.54) is 5.69 Å². The molecule has 11 heavy (non-hydrogen) atoms. The van der Waals surface area contributed by atoms with Gasteiger partial charge in [-0.25, -0.2) is 0 Å². The van der Waals surface area contributed by atoms with Crippen LogP contribution in [0.3, 0.4) is 0 Å². The monoisotopic (exact) mass is 185 g/mol. The number of nitrogens with zero attached hydrogens (tertiary/aromatic N) is 1. The lowest BCUT2D eigenvalue weighted by atomic mass is 10.3. The maximum atomic E-state index is 4.82. The fraction of sp³-hybridized carbons (Fsp3) is 0.143. The summed E-state index contributed by atoms with van der Waals surface area (Å²) in [4.78, 5) is 0. The van der Waals surface area contributed by atoms with Crippen molar-refractivity contribution in [3.63, 3.8) is 0 Å². The van der Waals surface area contributed by atoms with Crippen molar-refractivity contribution >= 4 is 28.5 Å². The number of para-hydroxylation sites is 1. The minimum atomic E-state index is -0.655. The summed E-state index contributed by atoms with van der Waals surface area (Å²) in [6.07, 6.45) is 0. The van der Waals surface area contributed by atoms with Crippen LogP contribution >= 0.6 is 12.9 Å². The summed E-state index contributed by atoms with van der Waals surface area (Å²) < 4.78 is 6.92. The van der Waals surface area contributed by atoms with Gasteiger partial charge in [0, 0.05) is 5.69 Å². The molecule has 0 spiro atoms. The highest BCUT2D eigenvalue weighted by atomic mass is 32.1. The Kier molecular flexibility index (Phi) is 3.48. The summed E-state index contributed by atoms with van der Waals surface area (Å²) in [7, 11) is 1.36. The van der Waals surface area contributed by atoms with E-state index in [0.29, 0.717) is 0 Å². The smallest absolute Gasteiger partial charge is 0.282 e. The Morgan fingerprint density at radius 1 is 1.36 bits per heavy atom. The van der Waals surface area contributed by atoms with Crippen LogP contribution in [0.1, 0.15) is 0 Å². The van der Waals surface area contributed by atoms with E-state index in [4.69, 9.17) is 3.87 Å². The van der Waals surface area contributed by atoms with E-state index >= 15 is 0 Å². The highest BCUT2D eigenvalue weighted by molar-refractivity contribution is 7.76. The summed E-state index contributed by atoms with van der Waals surface area (Å²) in [5.74, 6) is 0. The molecule has 0 radical (unpaired) electrons. The van der Waals surface area contributed by atoms with Gasteiger partial charge in [0.15, 0.2) is 0 Å². The van der Waals surface area contributed by atoms with Crippen LogP contribution in [0.2, 0.25) is 0 Å². The van der Waals surface area contributed by atoms with Crippen molar-refractivity contribution in [1.82, 2.24) is 0 Å². The van der Waals surface area contributed by atoms with Crippen molar-refractivity contribution in [2.24, 2.45) is 0 Å². The topological polar surface area (TPSA) is 12.5 Å². The number of benzene rings is 1. The summed E-state index contributed by atoms with van der Waals surface area (Å²) in [5.41, 5.74) is 1.19. The number of thiol groups is 1. The van der Waals surface area contributed by atoms with Gasteiger partial charge in [0.1, 0.15) is 0 Å². The Morgan fingerprint density at radius 3 is 2.55 bits per heavy atom. The first-order valence-electron chi connectivity index (χ1n) is 3.37. The predicted octanol–water partition coefficient (Wildman–Crippen LogP) is 0.983. The molecule has 1 aromatic carbocycles. The third-order valence-corrected chi connectivity index (χ3v) is 2.66. The summed E-state index contributed by atoms with van der Waals surface area (Å²) in [6, 6.07) is 10.1. The summed E-state index contributed by atoms with van der Waals surface area (Å²) in [5, 5.41) is 0. The molecule has 0 saturated carbocycles. The van der Waals surface area contributed by atoms with E-state index in [9.17, 15) is 0 Å². The normalized spacial score (nSPS) is 10.7. The molecule has 0 heterocycles. The van der Waals surface area contributed by atoms with Crippen LogP contribution in [-0.2, 0) is 3.87 Å². The molecular formula is C7H11NOSSi. The second kappa shape index (κ2) is 4.43. The molecule has 0 bridgehead atoms. The Balaban J connectivity index is 2.61. The van der Waals surface area contributed by atoms with Crippen LogP contribution in [0, 0.1) is 0 Å².